The number of sulfone groups is 1. The molecule has 0 aliphatic carbocycles. The summed E-state index contributed by atoms with van der Waals surface area (Å²) in [6, 6.07) is 9.85. The van der Waals surface area contributed by atoms with E-state index in [1.54, 1.807) is 0 Å². The molecule has 0 unspecified atom stereocenters. The Morgan fingerprint density at radius 2 is 2.00 bits per heavy atom. The number of aromatic nitrogens is 1. The van der Waals surface area contributed by atoms with Crippen molar-refractivity contribution in [2.24, 2.45) is 5.73 Å². The molecule has 1 heterocycles. The monoisotopic (exact) mass is 293 g/mol. The predicted octanol–water partition coefficient (Wildman–Crippen LogP) is 1.17. The molecule has 1 aromatic carbocycles. The van der Waals surface area contributed by atoms with Crippen molar-refractivity contribution in [1.29, 1.82) is 0 Å². The smallest absolute Gasteiger partial charge is 0.149 e. The van der Waals surface area contributed by atoms with Crippen molar-refractivity contribution in [3.63, 3.8) is 0 Å². The number of nitrogens with two attached hydrogens (primary N) is 1. The lowest BCUT2D eigenvalue weighted by Crippen LogP contribution is -2.26. The van der Waals surface area contributed by atoms with E-state index in [1.807, 2.05) is 42.3 Å². The highest BCUT2D eigenvalue weighted by atomic mass is 32.2. The highest BCUT2D eigenvalue weighted by Gasteiger charge is 2.12. The van der Waals surface area contributed by atoms with E-state index in [-0.39, 0.29) is 5.75 Å². The van der Waals surface area contributed by atoms with Gasteiger partial charge in [-0.25, -0.2) is 13.4 Å². The van der Waals surface area contributed by atoms with E-state index in [0.717, 1.165) is 22.3 Å². The van der Waals surface area contributed by atoms with E-state index < -0.39 is 9.84 Å². The first-order valence-corrected chi connectivity index (χ1v) is 8.44. The molecule has 0 saturated carbocycles. The third-order valence-corrected chi connectivity index (χ3v) is 4.07. The molecule has 2 rings (SSSR count). The number of pyridine rings is 1. The van der Waals surface area contributed by atoms with E-state index in [9.17, 15) is 8.42 Å². The van der Waals surface area contributed by atoms with Crippen molar-refractivity contribution in [2.75, 3.05) is 30.5 Å². The van der Waals surface area contributed by atoms with Crippen molar-refractivity contribution in [2.45, 2.75) is 6.54 Å². The first-order chi connectivity index (χ1) is 9.40. The molecule has 1 aromatic heterocycles. The van der Waals surface area contributed by atoms with Crippen LogP contribution in [0, 0.1) is 0 Å². The molecule has 0 radical (unpaired) electrons. The highest BCUT2D eigenvalue weighted by molar-refractivity contribution is 7.90. The van der Waals surface area contributed by atoms with Crippen LogP contribution in [0.5, 0.6) is 0 Å². The molecule has 5 nitrogen and oxygen atoms in total. The first kappa shape index (κ1) is 14.7. The van der Waals surface area contributed by atoms with Gasteiger partial charge in [0.2, 0.25) is 0 Å². The number of rotatable bonds is 5. The van der Waals surface area contributed by atoms with Crippen LogP contribution in [0.4, 0.5) is 5.82 Å². The third kappa shape index (κ3) is 3.46. The van der Waals surface area contributed by atoms with Crippen LogP contribution in [-0.2, 0) is 16.4 Å². The zero-order valence-electron chi connectivity index (χ0n) is 11.7. The Bertz CT molecular complexity index is 713. The normalized spacial score (nSPS) is 11.8. The van der Waals surface area contributed by atoms with Crippen LogP contribution in [0.1, 0.15) is 5.69 Å². The van der Waals surface area contributed by atoms with E-state index in [4.69, 9.17) is 5.73 Å². The second-order valence-corrected chi connectivity index (χ2v) is 7.17. The summed E-state index contributed by atoms with van der Waals surface area (Å²) in [5.41, 5.74) is 6.47. The number of fused-ring (bicyclic) bond motifs is 1. The van der Waals surface area contributed by atoms with Crippen molar-refractivity contribution in [1.82, 2.24) is 4.98 Å². The lowest BCUT2D eigenvalue weighted by molar-refractivity contribution is 0.601. The zero-order valence-corrected chi connectivity index (χ0v) is 12.5. The van der Waals surface area contributed by atoms with Gasteiger partial charge < -0.3 is 10.6 Å². The fourth-order valence-electron chi connectivity index (χ4n) is 2.04. The quantitative estimate of drug-likeness (QED) is 0.895. The fourth-order valence-corrected chi connectivity index (χ4v) is 2.64. The van der Waals surface area contributed by atoms with Gasteiger partial charge in [-0.05, 0) is 11.5 Å². The second kappa shape index (κ2) is 5.76. The highest BCUT2D eigenvalue weighted by Crippen LogP contribution is 2.24. The summed E-state index contributed by atoms with van der Waals surface area (Å²) in [5.74, 6) is 0.874. The van der Waals surface area contributed by atoms with Gasteiger partial charge in [0.25, 0.3) is 0 Å². The maximum atomic E-state index is 11.3. The molecule has 0 spiro atoms. The molecule has 0 bridgehead atoms. The van der Waals surface area contributed by atoms with Crippen molar-refractivity contribution >= 4 is 26.4 Å². The maximum Gasteiger partial charge on any atom is 0.149 e. The molecule has 0 saturated heterocycles. The molecule has 2 aromatic rings. The van der Waals surface area contributed by atoms with Crippen LogP contribution >= 0.6 is 0 Å². The van der Waals surface area contributed by atoms with E-state index in [1.165, 1.54) is 6.26 Å². The Hall–Kier alpha value is -1.66. The van der Waals surface area contributed by atoms with Crippen molar-refractivity contribution in [3.8, 4) is 0 Å². The van der Waals surface area contributed by atoms with E-state index in [2.05, 4.69) is 4.98 Å². The van der Waals surface area contributed by atoms with Gasteiger partial charge in [0.15, 0.2) is 0 Å². The lowest BCUT2D eigenvalue weighted by Gasteiger charge is -2.20. The minimum atomic E-state index is -2.99. The molecule has 0 aliphatic rings. The topological polar surface area (TPSA) is 76.3 Å². The van der Waals surface area contributed by atoms with Gasteiger partial charge in [-0.15, -0.1) is 0 Å². The molecule has 0 fully saturated rings. The summed E-state index contributed by atoms with van der Waals surface area (Å²) < 4.78 is 22.6. The van der Waals surface area contributed by atoms with Gasteiger partial charge in [0.1, 0.15) is 15.7 Å². The summed E-state index contributed by atoms with van der Waals surface area (Å²) in [6.45, 7) is 0.765. The minimum absolute atomic E-state index is 0.104. The van der Waals surface area contributed by atoms with Crippen LogP contribution in [0.15, 0.2) is 30.3 Å². The zero-order chi connectivity index (χ0) is 14.8. The number of benzene rings is 1. The number of anilines is 1. The Morgan fingerprint density at radius 1 is 1.30 bits per heavy atom. The van der Waals surface area contributed by atoms with Gasteiger partial charge in [0, 0.05) is 31.8 Å². The number of hydrogen-bond acceptors (Lipinski definition) is 5. The average Bonchev–Trinajstić information content (AvgIpc) is 2.42. The Morgan fingerprint density at radius 3 is 2.65 bits per heavy atom. The van der Waals surface area contributed by atoms with E-state index in [0.29, 0.717) is 13.1 Å². The number of nitrogens with zero attached hydrogens (tertiary/aromatic N) is 2. The SMILES string of the molecule is CN(CCS(C)(=O)=O)c1nc(CN)cc2ccccc12. The molecule has 0 amide bonds. The average molecular weight is 293 g/mol. The lowest BCUT2D eigenvalue weighted by atomic mass is 10.1. The van der Waals surface area contributed by atoms with Crippen LogP contribution in [0.25, 0.3) is 10.8 Å². The van der Waals surface area contributed by atoms with Crippen LogP contribution in [0.2, 0.25) is 0 Å². The van der Waals surface area contributed by atoms with Crippen LogP contribution < -0.4 is 10.6 Å². The van der Waals surface area contributed by atoms with Crippen molar-refractivity contribution < 1.29 is 8.42 Å². The summed E-state index contributed by atoms with van der Waals surface area (Å²) in [6.07, 6.45) is 1.24. The van der Waals surface area contributed by atoms with Crippen molar-refractivity contribution in [3.05, 3.63) is 36.0 Å². The standard InChI is InChI=1S/C14H19N3O2S/c1-17(7-8-20(2,18)19)14-13-6-4-3-5-11(13)9-12(10-15)16-14/h3-6,9H,7-8,10,15H2,1-2H3. The van der Waals surface area contributed by atoms with Crippen LogP contribution in [0.3, 0.4) is 0 Å². The Labute approximate surface area is 119 Å². The molecule has 6 heteroatoms. The summed E-state index contributed by atoms with van der Waals surface area (Å²) in [5, 5.41) is 2.06. The van der Waals surface area contributed by atoms with Gasteiger partial charge in [-0.2, -0.15) is 0 Å². The minimum Gasteiger partial charge on any atom is -0.358 e. The van der Waals surface area contributed by atoms with Gasteiger partial charge in [-0.3, -0.25) is 0 Å². The van der Waals surface area contributed by atoms with E-state index >= 15 is 0 Å². The third-order valence-electron chi connectivity index (χ3n) is 3.14. The Kier molecular flexibility index (Phi) is 4.25. The number of hydrogen-bond donors (Lipinski definition) is 1. The molecular weight excluding hydrogens is 274 g/mol. The molecule has 0 aliphatic heterocycles. The molecule has 2 N–H and O–H groups in total. The molecular formula is C14H19N3O2S. The summed E-state index contributed by atoms with van der Waals surface area (Å²) >= 11 is 0. The molecule has 20 heavy (non-hydrogen) atoms. The largest absolute Gasteiger partial charge is 0.358 e. The molecule has 0 atom stereocenters. The fraction of sp³-hybridized carbons (Fsp3) is 0.357. The van der Waals surface area contributed by atoms with Gasteiger partial charge in [-0.1, -0.05) is 24.3 Å². The Balaban J connectivity index is 2.41. The second-order valence-electron chi connectivity index (χ2n) is 4.91. The predicted molar refractivity (Wildman–Crippen MR) is 82.6 cm³/mol. The van der Waals surface area contributed by atoms with Gasteiger partial charge in [0.05, 0.1) is 11.4 Å². The maximum absolute atomic E-state index is 11.3. The van der Waals surface area contributed by atoms with Gasteiger partial charge >= 0.3 is 0 Å². The summed E-state index contributed by atoms with van der Waals surface area (Å²) in [7, 11) is -1.14. The van der Waals surface area contributed by atoms with Crippen LogP contribution in [-0.4, -0.2) is 39.0 Å². The first-order valence-electron chi connectivity index (χ1n) is 6.38. The summed E-state index contributed by atoms with van der Waals surface area (Å²) in [4.78, 5) is 6.39. The molecule has 108 valence electrons.